The number of hydrogen-bond acceptors (Lipinski definition) is 16. The van der Waals surface area contributed by atoms with Gasteiger partial charge in [0.15, 0.2) is 6.10 Å². The number of phosphoric acid groups is 6. The maximum atomic E-state index is 11.4. The van der Waals surface area contributed by atoms with Crippen LogP contribution in [-0.2, 0) is 68.9 Å². The fourth-order valence-electron chi connectivity index (χ4n) is 3.97. The number of aliphatic carboxylic acids is 1. The van der Waals surface area contributed by atoms with Gasteiger partial charge in [-0.2, -0.15) is 0 Å². The highest BCUT2D eigenvalue weighted by molar-refractivity contribution is 7.47. The van der Waals surface area contributed by atoms with Gasteiger partial charge in [-0.3, -0.25) is 31.9 Å². The molecule has 35 heteroatoms. The number of ether oxygens (including phenoxy) is 1. The van der Waals surface area contributed by atoms with Gasteiger partial charge < -0.3 is 77.8 Å². The van der Waals surface area contributed by atoms with Crippen molar-refractivity contribution in [2.45, 2.75) is 56.1 Å². The second-order valence-electron chi connectivity index (χ2n) is 10.6. The van der Waals surface area contributed by atoms with E-state index in [4.69, 9.17) is 63.5 Å². The lowest BCUT2D eigenvalue weighted by Gasteiger charge is -2.48. The summed E-state index contributed by atoms with van der Waals surface area (Å²) in [5.41, 5.74) is 0. The molecule has 0 aromatic rings. The van der Waals surface area contributed by atoms with E-state index in [0.717, 1.165) is 0 Å². The first-order chi connectivity index (χ1) is 21.8. The maximum Gasteiger partial charge on any atom is 0.470 e. The molecule has 1 saturated carbocycles. The third kappa shape index (κ3) is 23.3. The van der Waals surface area contributed by atoms with E-state index in [1.807, 2.05) is 21.1 Å². The van der Waals surface area contributed by atoms with Crippen LogP contribution in [0.25, 0.3) is 0 Å². The number of carboxylic acids is 1. The quantitative estimate of drug-likeness (QED) is 0.0373. The van der Waals surface area contributed by atoms with Crippen LogP contribution in [0, 0.1) is 0 Å². The SMILES string of the molecule is CC(=O)OC(CC(=O)[O-])C[N+](C)(C)C.O=P(O)(O)OC1C(OP(=O)(O)O)C(OP(=O)(O)O)C(OP(=O)(O)O)C(OP(=O)(O)O)C1OP(=O)(O)O. The number of likely N-dealkylation sites (N-methyl/N-ethyl adjacent to an activating group) is 1. The van der Waals surface area contributed by atoms with Gasteiger partial charge in [0.05, 0.1) is 21.1 Å². The fourth-order valence-corrected chi connectivity index (χ4v) is 7.31. The van der Waals surface area contributed by atoms with Crippen LogP contribution < -0.4 is 5.11 Å². The summed E-state index contributed by atoms with van der Waals surface area (Å²) < 4.78 is 98.5. The van der Waals surface area contributed by atoms with E-state index in [9.17, 15) is 42.1 Å². The molecule has 0 bridgehead atoms. The van der Waals surface area contributed by atoms with Gasteiger partial charge >= 0.3 is 52.9 Å². The summed E-state index contributed by atoms with van der Waals surface area (Å²) in [6.45, 7) is 1.71. The molecule has 1 atom stereocenters. The van der Waals surface area contributed by atoms with Crippen molar-refractivity contribution in [2.24, 2.45) is 0 Å². The van der Waals surface area contributed by atoms with E-state index >= 15 is 0 Å². The van der Waals surface area contributed by atoms with Gasteiger partial charge in [0.25, 0.3) is 0 Å². The molecule has 1 aliphatic carbocycles. The van der Waals surface area contributed by atoms with Crippen molar-refractivity contribution < 1.29 is 137 Å². The lowest BCUT2D eigenvalue weighted by Crippen LogP contribution is -2.66. The number of rotatable bonds is 17. The van der Waals surface area contributed by atoms with Crippen LogP contribution in [0.4, 0.5) is 0 Å². The lowest BCUT2D eigenvalue weighted by atomic mass is 9.85. The lowest BCUT2D eigenvalue weighted by molar-refractivity contribution is -0.873. The van der Waals surface area contributed by atoms with E-state index in [1.54, 1.807) is 0 Å². The Bertz CT molecular complexity index is 1200. The Balaban J connectivity index is 0.00000144. The molecular weight excluding hydrogens is 828 g/mol. The zero-order valence-corrected chi connectivity index (χ0v) is 30.9. The van der Waals surface area contributed by atoms with Gasteiger partial charge in [0.2, 0.25) is 0 Å². The van der Waals surface area contributed by atoms with Crippen LogP contribution in [0.15, 0.2) is 0 Å². The number of carbonyl (C=O) groups excluding carboxylic acids is 2. The molecule has 29 nitrogen and oxygen atoms in total. The van der Waals surface area contributed by atoms with Crippen LogP contribution in [0.2, 0.25) is 0 Å². The number of carbonyl (C=O) groups is 2. The first-order valence-corrected chi connectivity index (χ1v) is 21.6. The summed E-state index contributed by atoms with van der Waals surface area (Å²) in [6.07, 6.45) is -19.7. The number of hydrogen-bond donors (Lipinski definition) is 12. The summed E-state index contributed by atoms with van der Waals surface area (Å²) in [4.78, 5) is 131. The molecule has 1 unspecified atom stereocenters. The summed E-state index contributed by atoms with van der Waals surface area (Å²) in [5.74, 6) is -1.67. The van der Waals surface area contributed by atoms with Gasteiger partial charge in [-0.15, -0.1) is 0 Å². The van der Waals surface area contributed by atoms with E-state index in [-0.39, 0.29) is 6.42 Å². The molecule has 0 amide bonds. The van der Waals surface area contributed by atoms with Crippen molar-refractivity contribution in [1.82, 2.24) is 0 Å². The highest BCUT2D eigenvalue weighted by Gasteiger charge is 2.62. The van der Waals surface area contributed by atoms with E-state index < -0.39 is 102 Å². The van der Waals surface area contributed by atoms with Crippen molar-refractivity contribution in [1.29, 1.82) is 0 Å². The van der Waals surface area contributed by atoms with Crippen LogP contribution in [0.1, 0.15) is 13.3 Å². The molecule has 0 aromatic carbocycles. The summed E-state index contributed by atoms with van der Waals surface area (Å²) in [6, 6.07) is 0. The van der Waals surface area contributed by atoms with Crippen LogP contribution in [-0.4, -0.2) is 146 Å². The van der Waals surface area contributed by atoms with Crippen molar-refractivity contribution >= 4 is 58.9 Å². The van der Waals surface area contributed by atoms with Gasteiger partial charge in [-0.25, -0.2) is 27.4 Å². The monoisotopic (exact) mass is 863 g/mol. The number of quaternary nitrogens is 1. The fraction of sp³-hybridized carbons (Fsp3) is 0.867. The predicted octanol–water partition coefficient (Wildman–Crippen LogP) is -4.37. The molecular formula is C15H35NO28P6. The van der Waals surface area contributed by atoms with Crippen molar-refractivity contribution in [3.05, 3.63) is 0 Å². The standard InChI is InChI=1S/C9H17NO4.C6H18O24P6/c1-7(11)14-8(5-9(12)13)6-10(2,3)4;7-31(8,9)25-1-2(26-32(10,11)12)4(28-34(16,17)18)6(30-36(22,23)24)5(29-35(19,20)21)3(1)27-33(13,14)15/h8H,5-6H2,1-4H3;1-6H,(H2,7,8,9)(H2,10,11,12)(H2,13,14,15)(H2,16,17,18)(H2,19,20,21)(H2,22,23,24). The average molecular weight is 863 g/mol. The van der Waals surface area contributed by atoms with Gasteiger partial charge in [0.1, 0.15) is 43.2 Å². The molecule has 0 aromatic heterocycles. The average Bonchev–Trinajstić information content (AvgIpc) is 2.74. The number of nitrogens with zero attached hydrogens (tertiary/aromatic N) is 1. The Morgan fingerprint density at radius 2 is 0.740 bits per heavy atom. The Labute approximate surface area is 280 Å². The molecule has 12 N–H and O–H groups in total. The third-order valence-electron chi connectivity index (χ3n) is 4.98. The minimum atomic E-state index is -6.02. The Kier molecular flexibility index (Phi) is 18.1. The summed E-state index contributed by atoms with van der Waals surface area (Å²) in [7, 11) is -30.4. The molecule has 1 aliphatic rings. The van der Waals surface area contributed by atoms with Gasteiger partial charge in [-0.05, 0) is 0 Å². The Morgan fingerprint density at radius 3 is 0.860 bits per heavy atom. The topological polar surface area (TPSA) is 467 Å². The van der Waals surface area contributed by atoms with E-state index in [0.29, 0.717) is 11.0 Å². The largest absolute Gasteiger partial charge is 0.550 e. The van der Waals surface area contributed by atoms with Crippen molar-refractivity contribution in [3.8, 4) is 0 Å². The second kappa shape index (κ2) is 18.3. The zero-order chi connectivity index (χ0) is 40.1. The number of phosphoric ester groups is 6. The second-order valence-corrected chi connectivity index (χ2v) is 17.8. The maximum absolute atomic E-state index is 11.4. The Hall–Kier alpha value is -0.440. The third-order valence-corrected chi connectivity index (χ3v) is 8.08. The van der Waals surface area contributed by atoms with Crippen molar-refractivity contribution in [3.63, 3.8) is 0 Å². The van der Waals surface area contributed by atoms with Gasteiger partial charge in [-0.1, -0.05) is 0 Å². The summed E-state index contributed by atoms with van der Waals surface area (Å²) in [5, 5.41) is 10.4. The predicted molar refractivity (Wildman–Crippen MR) is 150 cm³/mol. The molecule has 1 rings (SSSR count). The number of carboxylic acid groups (broad SMARTS) is 1. The molecule has 50 heavy (non-hydrogen) atoms. The van der Waals surface area contributed by atoms with Crippen LogP contribution in [0.3, 0.4) is 0 Å². The highest BCUT2D eigenvalue weighted by Crippen LogP contribution is 2.57. The number of esters is 1. The molecule has 1 fully saturated rings. The van der Waals surface area contributed by atoms with Gasteiger partial charge in [0, 0.05) is 19.3 Å². The van der Waals surface area contributed by atoms with E-state index in [2.05, 4.69) is 27.1 Å². The normalized spacial score (nSPS) is 24.9. The smallest absolute Gasteiger partial charge is 0.470 e. The highest BCUT2D eigenvalue weighted by atomic mass is 31.2. The van der Waals surface area contributed by atoms with Crippen LogP contribution in [0.5, 0.6) is 0 Å². The first-order valence-electron chi connectivity index (χ1n) is 12.4. The molecule has 298 valence electrons. The van der Waals surface area contributed by atoms with E-state index in [1.165, 1.54) is 6.92 Å². The Morgan fingerprint density at radius 1 is 0.540 bits per heavy atom. The summed E-state index contributed by atoms with van der Waals surface area (Å²) >= 11 is 0. The van der Waals surface area contributed by atoms with Crippen molar-refractivity contribution in [2.75, 3.05) is 27.7 Å². The zero-order valence-electron chi connectivity index (χ0n) is 25.5. The molecule has 0 heterocycles. The minimum Gasteiger partial charge on any atom is -0.550 e. The molecule has 0 saturated heterocycles. The first kappa shape index (κ1) is 49.6. The van der Waals surface area contributed by atoms with Crippen LogP contribution >= 0.6 is 46.9 Å². The molecule has 0 radical (unpaired) electrons. The minimum absolute atomic E-state index is 0.255. The molecule has 0 aliphatic heterocycles. The molecule has 0 spiro atoms.